The first-order chi connectivity index (χ1) is 9.83. The van der Waals surface area contributed by atoms with Crippen molar-refractivity contribution in [2.45, 2.75) is 65.5 Å². The monoisotopic (exact) mass is 309 g/mol. The summed E-state index contributed by atoms with van der Waals surface area (Å²) >= 11 is 6.28. The topological polar surface area (TPSA) is 35.2 Å². The van der Waals surface area contributed by atoms with Gasteiger partial charge in [0.25, 0.3) is 0 Å². The van der Waals surface area contributed by atoms with Gasteiger partial charge >= 0.3 is 0 Å². The molecule has 1 aliphatic rings. The fourth-order valence-electron chi connectivity index (χ4n) is 3.15. The Labute approximate surface area is 134 Å². The molecular formula is C18H28ClNO. The number of hydrogen-bond acceptors (Lipinski definition) is 2. The van der Waals surface area contributed by atoms with Crippen molar-refractivity contribution in [2.24, 2.45) is 17.1 Å². The molecule has 21 heavy (non-hydrogen) atoms. The Balaban J connectivity index is 2.10. The average molecular weight is 310 g/mol. The van der Waals surface area contributed by atoms with Crippen LogP contribution in [-0.4, -0.2) is 12.1 Å². The van der Waals surface area contributed by atoms with Gasteiger partial charge in [-0.25, -0.2) is 0 Å². The third-order valence-electron chi connectivity index (χ3n) is 5.22. The second-order valence-corrected chi connectivity index (χ2v) is 7.51. The third kappa shape index (κ3) is 3.92. The predicted octanol–water partition coefficient (Wildman–Crippen LogP) is 4.96. The molecular weight excluding hydrogens is 282 g/mol. The van der Waals surface area contributed by atoms with E-state index in [9.17, 15) is 0 Å². The molecule has 0 spiro atoms. The Morgan fingerprint density at radius 1 is 1.33 bits per heavy atom. The summed E-state index contributed by atoms with van der Waals surface area (Å²) in [5.41, 5.74) is 7.78. The van der Waals surface area contributed by atoms with E-state index in [1.165, 1.54) is 12.8 Å². The van der Waals surface area contributed by atoms with Gasteiger partial charge in [0.15, 0.2) is 0 Å². The van der Waals surface area contributed by atoms with Crippen molar-refractivity contribution < 1.29 is 4.74 Å². The maximum Gasteiger partial charge on any atom is 0.138 e. The van der Waals surface area contributed by atoms with Crippen molar-refractivity contribution in [3.05, 3.63) is 28.8 Å². The zero-order chi connectivity index (χ0) is 15.6. The standard InChI is InChI=1S/C18H28ClNO/c1-5-18(3,4)13-7-8-15(20)17(11-13)21-16-9-6-12(2)10-14(16)19/h6,9-10,13,15,17H,5,7-8,11,20H2,1-4H3. The van der Waals surface area contributed by atoms with E-state index < -0.39 is 0 Å². The molecule has 0 aliphatic heterocycles. The molecule has 1 aromatic rings. The van der Waals surface area contributed by atoms with Crippen LogP contribution in [0.25, 0.3) is 0 Å². The van der Waals surface area contributed by atoms with E-state index in [4.69, 9.17) is 22.1 Å². The highest BCUT2D eigenvalue weighted by atomic mass is 35.5. The van der Waals surface area contributed by atoms with E-state index in [-0.39, 0.29) is 12.1 Å². The molecule has 0 heterocycles. The molecule has 0 saturated heterocycles. The molecule has 0 bridgehead atoms. The number of aryl methyl sites for hydroxylation is 1. The van der Waals surface area contributed by atoms with Crippen LogP contribution in [-0.2, 0) is 0 Å². The van der Waals surface area contributed by atoms with Gasteiger partial charge in [-0.2, -0.15) is 0 Å². The first-order valence-electron chi connectivity index (χ1n) is 8.02. The number of rotatable bonds is 4. The second-order valence-electron chi connectivity index (χ2n) is 7.11. The van der Waals surface area contributed by atoms with Crippen LogP contribution >= 0.6 is 11.6 Å². The van der Waals surface area contributed by atoms with Crippen LogP contribution in [0.3, 0.4) is 0 Å². The highest BCUT2D eigenvalue weighted by molar-refractivity contribution is 6.32. The van der Waals surface area contributed by atoms with Crippen molar-refractivity contribution in [1.82, 2.24) is 0 Å². The minimum absolute atomic E-state index is 0.0646. The highest BCUT2D eigenvalue weighted by Crippen LogP contribution is 2.41. The molecule has 1 fully saturated rings. The Morgan fingerprint density at radius 2 is 2.05 bits per heavy atom. The number of ether oxygens (including phenoxy) is 1. The lowest BCUT2D eigenvalue weighted by Crippen LogP contribution is -2.46. The first kappa shape index (κ1) is 16.6. The van der Waals surface area contributed by atoms with E-state index >= 15 is 0 Å². The molecule has 1 aromatic carbocycles. The van der Waals surface area contributed by atoms with Crippen LogP contribution in [0.5, 0.6) is 5.75 Å². The number of nitrogens with two attached hydrogens (primary N) is 1. The molecule has 0 radical (unpaired) electrons. The lowest BCUT2D eigenvalue weighted by Gasteiger charge is -2.42. The average Bonchev–Trinajstić information content (AvgIpc) is 2.43. The van der Waals surface area contributed by atoms with Crippen LogP contribution in [0.15, 0.2) is 18.2 Å². The predicted molar refractivity (Wildman–Crippen MR) is 90.0 cm³/mol. The van der Waals surface area contributed by atoms with E-state index in [0.29, 0.717) is 16.4 Å². The fourth-order valence-corrected chi connectivity index (χ4v) is 3.43. The molecule has 3 heteroatoms. The molecule has 0 aromatic heterocycles. The lowest BCUT2D eigenvalue weighted by atomic mass is 9.68. The Hall–Kier alpha value is -0.730. The summed E-state index contributed by atoms with van der Waals surface area (Å²) in [5.74, 6) is 1.43. The Bertz CT molecular complexity index is 486. The molecule has 3 unspecified atom stereocenters. The maximum absolute atomic E-state index is 6.29. The summed E-state index contributed by atoms with van der Waals surface area (Å²) in [5, 5.41) is 0.680. The number of benzene rings is 1. The van der Waals surface area contributed by atoms with E-state index in [1.807, 2.05) is 25.1 Å². The van der Waals surface area contributed by atoms with Gasteiger partial charge in [-0.05, 0) is 55.2 Å². The van der Waals surface area contributed by atoms with Gasteiger partial charge in [0, 0.05) is 6.04 Å². The van der Waals surface area contributed by atoms with Crippen LogP contribution in [0.1, 0.15) is 52.0 Å². The maximum atomic E-state index is 6.29. The van der Waals surface area contributed by atoms with Crippen LogP contribution < -0.4 is 10.5 Å². The molecule has 0 amide bonds. The molecule has 2 nitrogen and oxygen atoms in total. The van der Waals surface area contributed by atoms with E-state index in [2.05, 4.69) is 20.8 Å². The van der Waals surface area contributed by atoms with Crippen LogP contribution in [0.2, 0.25) is 5.02 Å². The zero-order valence-electron chi connectivity index (χ0n) is 13.7. The summed E-state index contributed by atoms with van der Waals surface area (Å²) < 4.78 is 6.17. The van der Waals surface area contributed by atoms with E-state index in [0.717, 1.165) is 24.2 Å². The minimum atomic E-state index is 0.0646. The van der Waals surface area contributed by atoms with Gasteiger partial charge in [0.2, 0.25) is 0 Å². The molecule has 2 rings (SSSR count). The van der Waals surface area contributed by atoms with Gasteiger partial charge in [0.05, 0.1) is 5.02 Å². The van der Waals surface area contributed by atoms with Gasteiger partial charge < -0.3 is 10.5 Å². The molecule has 118 valence electrons. The van der Waals surface area contributed by atoms with Crippen LogP contribution in [0.4, 0.5) is 0 Å². The quantitative estimate of drug-likeness (QED) is 0.853. The normalized spacial score (nSPS) is 26.7. The Morgan fingerprint density at radius 3 is 2.67 bits per heavy atom. The zero-order valence-corrected chi connectivity index (χ0v) is 14.4. The summed E-state index contributed by atoms with van der Waals surface area (Å²) in [7, 11) is 0. The van der Waals surface area contributed by atoms with Crippen molar-refractivity contribution >= 4 is 11.6 Å². The van der Waals surface area contributed by atoms with Gasteiger partial charge in [-0.1, -0.05) is 44.9 Å². The molecule has 2 N–H and O–H groups in total. The molecule has 1 saturated carbocycles. The van der Waals surface area contributed by atoms with E-state index in [1.54, 1.807) is 0 Å². The first-order valence-corrected chi connectivity index (χ1v) is 8.39. The highest BCUT2D eigenvalue weighted by Gasteiger charge is 2.37. The van der Waals surface area contributed by atoms with Crippen molar-refractivity contribution in [3.63, 3.8) is 0 Å². The SMILES string of the molecule is CCC(C)(C)C1CCC(N)C(Oc2ccc(C)cc2Cl)C1. The smallest absolute Gasteiger partial charge is 0.138 e. The summed E-state index contributed by atoms with van der Waals surface area (Å²) in [6.07, 6.45) is 4.50. The van der Waals surface area contributed by atoms with Crippen molar-refractivity contribution in [1.29, 1.82) is 0 Å². The fraction of sp³-hybridized carbons (Fsp3) is 0.667. The Kier molecular flexibility index (Phi) is 5.21. The number of halogens is 1. The second kappa shape index (κ2) is 6.58. The van der Waals surface area contributed by atoms with Crippen molar-refractivity contribution in [3.8, 4) is 5.75 Å². The third-order valence-corrected chi connectivity index (χ3v) is 5.52. The number of hydrogen-bond donors (Lipinski definition) is 1. The van der Waals surface area contributed by atoms with Gasteiger partial charge in [-0.15, -0.1) is 0 Å². The minimum Gasteiger partial charge on any atom is -0.487 e. The van der Waals surface area contributed by atoms with Gasteiger partial charge in [0.1, 0.15) is 11.9 Å². The largest absolute Gasteiger partial charge is 0.487 e. The summed E-state index contributed by atoms with van der Waals surface area (Å²) in [6.45, 7) is 9.00. The molecule has 3 atom stereocenters. The van der Waals surface area contributed by atoms with Gasteiger partial charge in [-0.3, -0.25) is 0 Å². The van der Waals surface area contributed by atoms with Crippen LogP contribution in [0, 0.1) is 18.3 Å². The summed E-state index contributed by atoms with van der Waals surface area (Å²) in [4.78, 5) is 0. The lowest BCUT2D eigenvalue weighted by molar-refractivity contribution is 0.0502. The summed E-state index contributed by atoms with van der Waals surface area (Å²) in [6, 6.07) is 6.03. The molecule has 1 aliphatic carbocycles. The van der Waals surface area contributed by atoms with Crippen molar-refractivity contribution in [2.75, 3.05) is 0 Å².